The Labute approximate surface area is 124 Å². The topological polar surface area (TPSA) is 77.4 Å². The largest absolute Gasteiger partial charge is 0.387 e. The summed E-state index contributed by atoms with van der Waals surface area (Å²) in [6, 6.07) is 0. The summed E-state index contributed by atoms with van der Waals surface area (Å²) < 4.78 is 22.9. The third-order valence-corrected chi connectivity index (χ3v) is 5.29. The standard InChI is InChI=1S/C15H24O6/c1-15-19-11-9(16)12(20-15)14(13(21-15)10(11)17)18-7-8-5-3-2-4-6-8/h8-14,16-17H,2-7H2,1H3. The van der Waals surface area contributed by atoms with Gasteiger partial charge in [0.25, 0.3) is 5.97 Å². The molecule has 0 spiro atoms. The van der Waals surface area contributed by atoms with Crippen LogP contribution in [0.1, 0.15) is 39.0 Å². The molecule has 4 unspecified atom stereocenters. The van der Waals surface area contributed by atoms with E-state index in [1.807, 2.05) is 0 Å². The molecule has 5 fully saturated rings. The normalized spacial score (nSPS) is 53.3. The van der Waals surface area contributed by atoms with Crippen LogP contribution in [0, 0.1) is 5.92 Å². The average molecular weight is 300 g/mol. The molecule has 6 nitrogen and oxygen atoms in total. The Bertz CT molecular complexity index is 376. The minimum absolute atomic E-state index is 0.426. The second-order valence-electron chi connectivity index (χ2n) is 6.89. The molecule has 2 saturated carbocycles. The van der Waals surface area contributed by atoms with Gasteiger partial charge in [-0.3, -0.25) is 0 Å². The first-order valence-corrected chi connectivity index (χ1v) is 8.08. The van der Waals surface area contributed by atoms with Crippen molar-refractivity contribution in [2.45, 2.75) is 81.6 Å². The Morgan fingerprint density at radius 3 is 2.14 bits per heavy atom. The number of hydrogen-bond acceptors (Lipinski definition) is 6. The zero-order chi connectivity index (χ0) is 14.6. The van der Waals surface area contributed by atoms with Crippen molar-refractivity contribution in [3.8, 4) is 0 Å². The SMILES string of the molecule is CC12OC3C(O)C(O1)C(OCC1CCCCC1)C(O2)C3O. The van der Waals surface area contributed by atoms with Crippen molar-refractivity contribution in [2.75, 3.05) is 6.61 Å². The van der Waals surface area contributed by atoms with Crippen molar-refractivity contribution >= 4 is 0 Å². The number of aliphatic hydroxyl groups excluding tert-OH is 2. The first-order valence-electron chi connectivity index (χ1n) is 8.08. The molecule has 2 aliphatic carbocycles. The Morgan fingerprint density at radius 1 is 0.952 bits per heavy atom. The molecule has 3 heterocycles. The minimum Gasteiger partial charge on any atom is -0.387 e. The van der Waals surface area contributed by atoms with Gasteiger partial charge in [-0.15, -0.1) is 0 Å². The molecule has 5 aliphatic rings. The fourth-order valence-corrected chi connectivity index (χ4v) is 4.18. The third-order valence-electron chi connectivity index (χ3n) is 5.29. The van der Waals surface area contributed by atoms with Gasteiger partial charge in [0.2, 0.25) is 0 Å². The summed E-state index contributed by atoms with van der Waals surface area (Å²) in [4.78, 5) is 0. The zero-order valence-electron chi connectivity index (χ0n) is 12.3. The minimum atomic E-state index is -1.16. The number of rotatable bonds is 3. The molecule has 21 heavy (non-hydrogen) atoms. The molecule has 4 bridgehead atoms. The van der Waals surface area contributed by atoms with Crippen molar-refractivity contribution in [2.24, 2.45) is 5.92 Å². The molecule has 0 aromatic heterocycles. The lowest BCUT2D eigenvalue weighted by molar-refractivity contribution is -0.533. The highest BCUT2D eigenvalue weighted by molar-refractivity contribution is 5.07. The van der Waals surface area contributed by atoms with Crippen molar-refractivity contribution in [1.82, 2.24) is 0 Å². The van der Waals surface area contributed by atoms with Crippen LogP contribution in [-0.4, -0.2) is 59.4 Å². The van der Waals surface area contributed by atoms with E-state index < -0.39 is 42.6 Å². The quantitative estimate of drug-likeness (QED) is 0.792. The highest BCUT2D eigenvalue weighted by Crippen LogP contribution is 2.46. The predicted molar refractivity (Wildman–Crippen MR) is 71.4 cm³/mol. The van der Waals surface area contributed by atoms with Gasteiger partial charge in [-0.05, 0) is 18.8 Å². The van der Waals surface area contributed by atoms with Crippen LogP contribution >= 0.6 is 0 Å². The van der Waals surface area contributed by atoms with E-state index >= 15 is 0 Å². The molecule has 0 amide bonds. The van der Waals surface area contributed by atoms with E-state index in [2.05, 4.69) is 0 Å². The highest BCUT2D eigenvalue weighted by Gasteiger charge is 2.65. The van der Waals surface area contributed by atoms with Gasteiger partial charge in [0.05, 0.1) is 6.61 Å². The maximum absolute atomic E-state index is 10.3. The maximum Gasteiger partial charge on any atom is 0.281 e. The Balaban J connectivity index is 1.45. The van der Waals surface area contributed by atoms with Crippen LogP contribution in [0.25, 0.3) is 0 Å². The number of ether oxygens (including phenoxy) is 4. The van der Waals surface area contributed by atoms with Gasteiger partial charge in [-0.25, -0.2) is 0 Å². The Morgan fingerprint density at radius 2 is 1.52 bits per heavy atom. The van der Waals surface area contributed by atoms with Crippen LogP contribution in [0.5, 0.6) is 0 Å². The van der Waals surface area contributed by atoms with Crippen LogP contribution in [0.4, 0.5) is 0 Å². The second kappa shape index (κ2) is 5.15. The van der Waals surface area contributed by atoms with E-state index in [1.165, 1.54) is 32.1 Å². The Kier molecular flexibility index (Phi) is 3.52. The van der Waals surface area contributed by atoms with E-state index in [-0.39, 0.29) is 0 Å². The van der Waals surface area contributed by atoms with Gasteiger partial charge in [0.1, 0.15) is 36.6 Å². The van der Waals surface area contributed by atoms with Gasteiger partial charge in [-0.1, -0.05) is 19.3 Å². The lowest BCUT2D eigenvalue weighted by Gasteiger charge is -2.60. The fraction of sp³-hybridized carbons (Fsp3) is 1.00. The molecule has 3 saturated heterocycles. The van der Waals surface area contributed by atoms with Crippen LogP contribution in [-0.2, 0) is 18.9 Å². The summed E-state index contributed by atoms with van der Waals surface area (Å²) in [6.07, 6.45) is 2.43. The molecule has 2 N–H and O–H groups in total. The molecule has 0 aromatic carbocycles. The summed E-state index contributed by atoms with van der Waals surface area (Å²) >= 11 is 0. The molecule has 4 atom stereocenters. The summed E-state index contributed by atoms with van der Waals surface area (Å²) in [7, 11) is 0. The van der Waals surface area contributed by atoms with Crippen molar-refractivity contribution in [3.63, 3.8) is 0 Å². The average Bonchev–Trinajstić information content (AvgIpc) is 2.48. The van der Waals surface area contributed by atoms with E-state index in [4.69, 9.17) is 18.9 Å². The molecular formula is C15H24O6. The smallest absolute Gasteiger partial charge is 0.281 e. The van der Waals surface area contributed by atoms with Gasteiger partial charge in [-0.2, -0.15) is 0 Å². The lowest BCUT2D eigenvalue weighted by atomic mass is 9.81. The Hall–Kier alpha value is -0.240. The summed E-state index contributed by atoms with van der Waals surface area (Å²) in [5, 5.41) is 20.5. The summed E-state index contributed by atoms with van der Waals surface area (Å²) in [5.41, 5.74) is 0. The van der Waals surface area contributed by atoms with Gasteiger partial charge < -0.3 is 29.2 Å². The maximum atomic E-state index is 10.3. The molecule has 0 aromatic rings. The van der Waals surface area contributed by atoms with Crippen molar-refractivity contribution in [3.05, 3.63) is 0 Å². The van der Waals surface area contributed by atoms with Crippen LogP contribution < -0.4 is 0 Å². The molecular weight excluding hydrogens is 276 g/mol. The second-order valence-corrected chi connectivity index (χ2v) is 6.89. The monoisotopic (exact) mass is 300 g/mol. The van der Waals surface area contributed by atoms with Crippen LogP contribution in [0.15, 0.2) is 0 Å². The summed E-state index contributed by atoms with van der Waals surface area (Å²) in [6.45, 7) is 2.32. The molecule has 0 radical (unpaired) electrons. The zero-order valence-corrected chi connectivity index (χ0v) is 12.3. The van der Waals surface area contributed by atoms with Crippen LogP contribution in [0.3, 0.4) is 0 Å². The molecule has 120 valence electrons. The van der Waals surface area contributed by atoms with Gasteiger partial charge in [0, 0.05) is 6.92 Å². The first-order chi connectivity index (χ1) is 10.1. The van der Waals surface area contributed by atoms with Crippen LogP contribution in [0.2, 0.25) is 0 Å². The van der Waals surface area contributed by atoms with Crippen molar-refractivity contribution in [1.29, 1.82) is 0 Å². The first kappa shape index (κ1) is 14.4. The predicted octanol–water partition coefficient (Wildman–Crippen LogP) is 0.544. The molecule has 5 rings (SSSR count). The summed E-state index contributed by atoms with van der Waals surface area (Å²) in [5.74, 6) is -0.597. The van der Waals surface area contributed by atoms with E-state index in [1.54, 1.807) is 6.92 Å². The number of hydrogen-bond donors (Lipinski definition) is 2. The van der Waals surface area contributed by atoms with E-state index in [0.717, 1.165) is 0 Å². The molecule has 3 aliphatic heterocycles. The molecule has 6 heteroatoms. The van der Waals surface area contributed by atoms with Gasteiger partial charge >= 0.3 is 0 Å². The fourth-order valence-electron chi connectivity index (χ4n) is 4.18. The number of aliphatic hydroxyl groups is 2. The van der Waals surface area contributed by atoms with Gasteiger partial charge in [0.15, 0.2) is 0 Å². The lowest BCUT2D eigenvalue weighted by Crippen LogP contribution is -2.78. The van der Waals surface area contributed by atoms with E-state index in [0.29, 0.717) is 12.5 Å². The van der Waals surface area contributed by atoms with E-state index in [9.17, 15) is 10.2 Å². The third kappa shape index (κ3) is 2.33. The highest BCUT2D eigenvalue weighted by atomic mass is 16.9. The van der Waals surface area contributed by atoms with Crippen molar-refractivity contribution < 1.29 is 29.2 Å².